The Kier molecular flexibility index (Phi) is 3.55. The van der Waals surface area contributed by atoms with Gasteiger partial charge < -0.3 is 9.88 Å². The van der Waals surface area contributed by atoms with Gasteiger partial charge >= 0.3 is 0 Å². The zero-order chi connectivity index (χ0) is 15.0. The molecule has 0 aliphatic rings. The summed E-state index contributed by atoms with van der Waals surface area (Å²) >= 11 is 5.87. The second kappa shape index (κ2) is 5.37. The molecule has 3 rings (SSSR count). The molecule has 1 atom stereocenters. The van der Waals surface area contributed by atoms with Gasteiger partial charge in [0.1, 0.15) is 11.6 Å². The molecule has 3 nitrogen and oxygen atoms in total. The lowest BCUT2D eigenvalue weighted by Crippen LogP contribution is -2.12. The molecule has 0 bridgehead atoms. The zero-order valence-corrected chi connectivity index (χ0v) is 12.5. The van der Waals surface area contributed by atoms with Gasteiger partial charge in [-0.25, -0.2) is 9.37 Å². The Morgan fingerprint density at radius 3 is 2.71 bits per heavy atom. The van der Waals surface area contributed by atoms with Crippen molar-refractivity contribution in [3.63, 3.8) is 0 Å². The van der Waals surface area contributed by atoms with Crippen LogP contribution in [0.15, 0.2) is 42.5 Å². The smallest absolute Gasteiger partial charge is 0.131 e. The molecule has 3 aromatic rings. The van der Waals surface area contributed by atoms with Crippen molar-refractivity contribution in [2.24, 2.45) is 7.05 Å². The van der Waals surface area contributed by atoms with E-state index in [1.807, 2.05) is 42.8 Å². The highest BCUT2D eigenvalue weighted by atomic mass is 35.5. The second-order valence-electron chi connectivity index (χ2n) is 5.04. The first-order valence-electron chi connectivity index (χ1n) is 6.68. The molecule has 5 heteroatoms. The van der Waals surface area contributed by atoms with Gasteiger partial charge in [0.25, 0.3) is 0 Å². The van der Waals surface area contributed by atoms with E-state index in [0.29, 0.717) is 10.7 Å². The van der Waals surface area contributed by atoms with Crippen LogP contribution in [0.3, 0.4) is 0 Å². The standard InChI is InChI=1S/C16H15ClFN3/c1-10(19-13-8-11(17)7-12(18)9-13)16-20-14-5-3-4-6-15(14)21(16)2/h3-10,19H,1-2H3. The number of nitrogens with one attached hydrogen (secondary N) is 1. The summed E-state index contributed by atoms with van der Waals surface area (Å²) in [5.74, 6) is 0.527. The second-order valence-corrected chi connectivity index (χ2v) is 5.48. The molecule has 0 radical (unpaired) electrons. The van der Waals surface area contributed by atoms with Gasteiger partial charge in [0.15, 0.2) is 0 Å². The van der Waals surface area contributed by atoms with Gasteiger partial charge in [0, 0.05) is 17.8 Å². The largest absolute Gasteiger partial charge is 0.375 e. The molecule has 21 heavy (non-hydrogen) atoms. The van der Waals surface area contributed by atoms with Crippen LogP contribution in [-0.4, -0.2) is 9.55 Å². The van der Waals surface area contributed by atoms with Crippen molar-refractivity contribution in [2.45, 2.75) is 13.0 Å². The van der Waals surface area contributed by atoms with Crippen LogP contribution in [0.1, 0.15) is 18.8 Å². The number of nitrogens with zero attached hydrogens (tertiary/aromatic N) is 2. The van der Waals surface area contributed by atoms with Crippen molar-refractivity contribution in [3.8, 4) is 0 Å². The number of rotatable bonds is 3. The van der Waals surface area contributed by atoms with Crippen LogP contribution in [0.25, 0.3) is 11.0 Å². The van der Waals surface area contributed by atoms with Crippen molar-refractivity contribution in [1.29, 1.82) is 0 Å². The van der Waals surface area contributed by atoms with Crippen LogP contribution >= 0.6 is 11.6 Å². The van der Waals surface area contributed by atoms with Gasteiger partial charge in [-0.3, -0.25) is 0 Å². The monoisotopic (exact) mass is 303 g/mol. The summed E-state index contributed by atoms with van der Waals surface area (Å²) in [5.41, 5.74) is 2.65. The lowest BCUT2D eigenvalue weighted by molar-refractivity contribution is 0.627. The predicted molar refractivity (Wildman–Crippen MR) is 84.2 cm³/mol. The van der Waals surface area contributed by atoms with Crippen LogP contribution in [0, 0.1) is 5.82 Å². The molecule has 0 spiro atoms. The molecular formula is C16H15ClFN3. The molecule has 1 N–H and O–H groups in total. The van der Waals surface area contributed by atoms with Crippen LogP contribution in [0.2, 0.25) is 5.02 Å². The van der Waals surface area contributed by atoms with E-state index in [9.17, 15) is 4.39 Å². The molecule has 0 aliphatic carbocycles. The summed E-state index contributed by atoms with van der Waals surface area (Å²) in [6.07, 6.45) is 0. The van der Waals surface area contributed by atoms with Crippen molar-refractivity contribution < 1.29 is 4.39 Å². The fourth-order valence-electron chi connectivity index (χ4n) is 2.50. The highest BCUT2D eigenvalue weighted by Crippen LogP contribution is 2.25. The normalized spacial score (nSPS) is 12.6. The topological polar surface area (TPSA) is 29.9 Å². The molecule has 0 saturated heterocycles. The summed E-state index contributed by atoms with van der Waals surface area (Å²) in [5, 5.41) is 3.60. The van der Waals surface area contributed by atoms with E-state index in [0.717, 1.165) is 16.9 Å². The van der Waals surface area contributed by atoms with E-state index in [4.69, 9.17) is 11.6 Å². The molecule has 0 saturated carbocycles. The lowest BCUT2D eigenvalue weighted by atomic mass is 10.2. The fourth-order valence-corrected chi connectivity index (χ4v) is 2.72. The number of anilines is 1. The average molecular weight is 304 g/mol. The van der Waals surface area contributed by atoms with Gasteiger partial charge in [0.2, 0.25) is 0 Å². The third-order valence-electron chi connectivity index (χ3n) is 3.45. The fraction of sp³-hybridized carbons (Fsp3) is 0.188. The highest BCUT2D eigenvalue weighted by molar-refractivity contribution is 6.30. The number of aryl methyl sites for hydroxylation is 1. The molecule has 1 aromatic heterocycles. The number of hydrogen-bond acceptors (Lipinski definition) is 2. The molecule has 0 amide bonds. The summed E-state index contributed by atoms with van der Waals surface area (Å²) < 4.78 is 15.4. The molecular weight excluding hydrogens is 289 g/mol. The first-order valence-corrected chi connectivity index (χ1v) is 7.06. The number of hydrogen-bond donors (Lipinski definition) is 1. The van der Waals surface area contributed by atoms with Crippen molar-refractivity contribution in [3.05, 3.63) is 59.1 Å². The van der Waals surface area contributed by atoms with Gasteiger partial charge in [-0.15, -0.1) is 0 Å². The predicted octanol–water partition coefficient (Wildman–Crippen LogP) is 4.54. The summed E-state index contributed by atoms with van der Waals surface area (Å²) in [4.78, 5) is 4.63. The minimum atomic E-state index is -0.359. The summed E-state index contributed by atoms with van der Waals surface area (Å²) in [6.45, 7) is 1.99. The lowest BCUT2D eigenvalue weighted by Gasteiger charge is -2.15. The molecule has 0 fully saturated rings. The Morgan fingerprint density at radius 2 is 2.00 bits per heavy atom. The van der Waals surface area contributed by atoms with Crippen LogP contribution < -0.4 is 5.32 Å². The third kappa shape index (κ3) is 2.72. The van der Waals surface area contributed by atoms with Crippen LogP contribution in [0.5, 0.6) is 0 Å². The third-order valence-corrected chi connectivity index (χ3v) is 3.67. The maximum absolute atomic E-state index is 13.4. The van der Waals surface area contributed by atoms with E-state index in [1.165, 1.54) is 12.1 Å². The molecule has 0 aliphatic heterocycles. The molecule has 1 heterocycles. The van der Waals surface area contributed by atoms with Crippen molar-refractivity contribution >= 4 is 28.3 Å². The van der Waals surface area contributed by atoms with Crippen LogP contribution in [0.4, 0.5) is 10.1 Å². The average Bonchev–Trinajstić information content (AvgIpc) is 2.76. The Bertz CT molecular complexity index is 777. The number of halogens is 2. The van der Waals surface area contributed by atoms with Crippen molar-refractivity contribution in [2.75, 3.05) is 5.32 Å². The van der Waals surface area contributed by atoms with E-state index < -0.39 is 0 Å². The van der Waals surface area contributed by atoms with Gasteiger partial charge in [0.05, 0.1) is 17.1 Å². The Hall–Kier alpha value is -2.07. The number of imidazole rings is 1. The minimum Gasteiger partial charge on any atom is -0.375 e. The maximum Gasteiger partial charge on any atom is 0.131 e. The number of aromatic nitrogens is 2. The molecule has 2 aromatic carbocycles. The van der Waals surface area contributed by atoms with E-state index >= 15 is 0 Å². The number of fused-ring (bicyclic) bond motifs is 1. The molecule has 1 unspecified atom stereocenters. The van der Waals surface area contributed by atoms with Gasteiger partial charge in [-0.05, 0) is 37.3 Å². The number of benzene rings is 2. The van der Waals surface area contributed by atoms with Crippen LogP contribution in [-0.2, 0) is 7.05 Å². The van der Waals surface area contributed by atoms with E-state index in [2.05, 4.69) is 10.3 Å². The SMILES string of the molecule is CC(Nc1cc(F)cc(Cl)c1)c1nc2ccccc2n1C. The summed E-state index contributed by atoms with van der Waals surface area (Å²) in [7, 11) is 1.97. The first kappa shape index (κ1) is 13.9. The quantitative estimate of drug-likeness (QED) is 0.770. The maximum atomic E-state index is 13.4. The highest BCUT2D eigenvalue weighted by Gasteiger charge is 2.14. The van der Waals surface area contributed by atoms with E-state index in [-0.39, 0.29) is 11.9 Å². The first-order chi connectivity index (χ1) is 10.0. The van der Waals surface area contributed by atoms with Crippen molar-refractivity contribution in [1.82, 2.24) is 9.55 Å². The Balaban J connectivity index is 1.93. The number of para-hydroxylation sites is 2. The minimum absolute atomic E-state index is 0.0692. The van der Waals surface area contributed by atoms with Gasteiger partial charge in [-0.1, -0.05) is 23.7 Å². The van der Waals surface area contributed by atoms with Gasteiger partial charge in [-0.2, -0.15) is 0 Å². The Morgan fingerprint density at radius 1 is 1.24 bits per heavy atom. The Labute approximate surface area is 127 Å². The molecule has 108 valence electrons. The zero-order valence-electron chi connectivity index (χ0n) is 11.8. The summed E-state index contributed by atoms with van der Waals surface area (Å²) in [6, 6.07) is 12.3. The van der Waals surface area contributed by atoms with E-state index in [1.54, 1.807) is 6.07 Å².